The summed E-state index contributed by atoms with van der Waals surface area (Å²) in [5, 5.41) is 1.29. The first-order chi connectivity index (χ1) is 11.8. The fourth-order valence-corrected chi connectivity index (χ4v) is 4.12. The van der Waals surface area contributed by atoms with Gasteiger partial charge in [0.25, 0.3) is 0 Å². The Morgan fingerprint density at radius 3 is 2.67 bits per heavy atom. The minimum absolute atomic E-state index is 0.854. The predicted molar refractivity (Wildman–Crippen MR) is 103 cm³/mol. The van der Waals surface area contributed by atoms with Crippen LogP contribution in [-0.4, -0.2) is 42.0 Å². The third-order valence-electron chi connectivity index (χ3n) is 4.70. The molecule has 0 radical (unpaired) electrons. The van der Waals surface area contributed by atoms with E-state index < -0.39 is 0 Å². The van der Waals surface area contributed by atoms with E-state index in [0.29, 0.717) is 0 Å². The minimum atomic E-state index is 0.854. The maximum atomic E-state index is 5.86. The van der Waals surface area contributed by atoms with Gasteiger partial charge < -0.3 is 10.6 Å². The van der Waals surface area contributed by atoms with Crippen molar-refractivity contribution in [2.45, 2.75) is 6.42 Å². The molecule has 2 N–H and O–H groups in total. The molecule has 124 valence electrons. The molecule has 0 spiro atoms. The van der Waals surface area contributed by atoms with Crippen molar-refractivity contribution in [3.63, 3.8) is 0 Å². The summed E-state index contributed by atoms with van der Waals surface area (Å²) in [4.78, 5) is 4.96. The number of nitrogens with zero attached hydrogens (tertiary/aromatic N) is 3. The molecule has 24 heavy (non-hydrogen) atoms. The highest BCUT2D eigenvalue weighted by atomic mass is 32.1. The van der Waals surface area contributed by atoms with Crippen molar-refractivity contribution in [1.29, 1.82) is 0 Å². The molecule has 0 bridgehead atoms. The molecule has 3 aromatic rings. The number of aromatic nitrogens is 1. The lowest BCUT2D eigenvalue weighted by Gasteiger charge is -2.35. The van der Waals surface area contributed by atoms with Gasteiger partial charge in [0.05, 0.1) is 4.70 Å². The molecule has 2 aromatic carbocycles. The van der Waals surface area contributed by atoms with Crippen LogP contribution in [0.5, 0.6) is 0 Å². The average molecular weight is 338 g/mol. The van der Waals surface area contributed by atoms with E-state index >= 15 is 0 Å². The van der Waals surface area contributed by atoms with Crippen LogP contribution in [-0.2, 0) is 6.42 Å². The van der Waals surface area contributed by atoms with Crippen LogP contribution in [0.3, 0.4) is 0 Å². The molecule has 1 aromatic heterocycles. The maximum Gasteiger partial charge on any atom is 0.150 e. The van der Waals surface area contributed by atoms with Crippen LogP contribution < -0.4 is 10.6 Å². The van der Waals surface area contributed by atoms with E-state index in [0.717, 1.165) is 50.6 Å². The van der Waals surface area contributed by atoms with Crippen molar-refractivity contribution >= 4 is 33.1 Å². The molecule has 1 saturated heterocycles. The first-order valence-electron chi connectivity index (χ1n) is 8.46. The molecule has 1 aliphatic rings. The topological polar surface area (TPSA) is 45.4 Å². The molecule has 1 fully saturated rings. The summed E-state index contributed by atoms with van der Waals surface area (Å²) in [5.74, 6) is 1.16. The number of hydrogen-bond donors (Lipinski definition) is 1. The van der Waals surface area contributed by atoms with Gasteiger partial charge in [0.2, 0.25) is 0 Å². The van der Waals surface area contributed by atoms with Gasteiger partial charge in [-0.3, -0.25) is 4.90 Å². The lowest BCUT2D eigenvalue weighted by molar-refractivity contribution is 0.261. The van der Waals surface area contributed by atoms with Crippen molar-refractivity contribution in [2.24, 2.45) is 0 Å². The summed E-state index contributed by atoms with van der Waals surface area (Å²) in [6.07, 6.45) is 1.06. The monoisotopic (exact) mass is 338 g/mol. The molecule has 1 aliphatic heterocycles. The Labute approximate surface area is 146 Å². The second kappa shape index (κ2) is 6.79. The Morgan fingerprint density at radius 1 is 1.00 bits per heavy atom. The number of fused-ring (bicyclic) bond motifs is 1. The van der Waals surface area contributed by atoms with Gasteiger partial charge in [0.15, 0.2) is 0 Å². The van der Waals surface area contributed by atoms with Crippen LogP contribution >= 0.6 is 11.5 Å². The molecule has 0 atom stereocenters. The Kier molecular flexibility index (Phi) is 4.36. The van der Waals surface area contributed by atoms with E-state index in [1.807, 2.05) is 12.1 Å². The zero-order valence-corrected chi connectivity index (χ0v) is 14.5. The predicted octanol–water partition coefficient (Wildman–Crippen LogP) is 3.24. The van der Waals surface area contributed by atoms with Crippen molar-refractivity contribution in [3.8, 4) is 0 Å². The van der Waals surface area contributed by atoms with E-state index in [9.17, 15) is 0 Å². The van der Waals surface area contributed by atoms with Crippen molar-refractivity contribution in [1.82, 2.24) is 9.27 Å². The molecule has 5 heteroatoms. The lowest BCUT2D eigenvalue weighted by atomic mass is 10.1. The Morgan fingerprint density at radius 2 is 1.83 bits per heavy atom. The Balaban J connectivity index is 1.35. The van der Waals surface area contributed by atoms with E-state index in [1.165, 1.54) is 15.6 Å². The van der Waals surface area contributed by atoms with Gasteiger partial charge in [-0.15, -0.1) is 0 Å². The number of anilines is 2. The normalized spacial score (nSPS) is 15.9. The highest BCUT2D eigenvalue weighted by Gasteiger charge is 2.20. The molecular weight excluding hydrogens is 316 g/mol. The van der Waals surface area contributed by atoms with Crippen LogP contribution in [0.1, 0.15) is 5.56 Å². The quantitative estimate of drug-likeness (QED) is 0.742. The molecule has 0 aliphatic carbocycles. The van der Waals surface area contributed by atoms with Gasteiger partial charge in [0.1, 0.15) is 5.82 Å². The third kappa shape index (κ3) is 3.23. The summed E-state index contributed by atoms with van der Waals surface area (Å²) in [5.41, 5.74) is 8.04. The summed E-state index contributed by atoms with van der Waals surface area (Å²) in [7, 11) is 0. The lowest BCUT2D eigenvalue weighted by Crippen LogP contribution is -2.47. The average Bonchev–Trinajstić information content (AvgIpc) is 3.05. The Hall–Kier alpha value is -2.11. The van der Waals surface area contributed by atoms with Crippen LogP contribution in [0.4, 0.5) is 11.5 Å². The van der Waals surface area contributed by atoms with Gasteiger partial charge in [-0.1, -0.05) is 24.3 Å². The first-order valence-corrected chi connectivity index (χ1v) is 9.23. The standard InChI is InChI=1S/C19H22N4S/c20-16-5-3-4-15(14-16)8-9-22-10-12-23(13-11-22)19-17-6-1-2-7-18(17)24-21-19/h1-7,14H,8-13,20H2. The Bertz CT molecular complexity index is 821. The highest BCUT2D eigenvalue weighted by Crippen LogP contribution is 2.29. The number of hydrogen-bond acceptors (Lipinski definition) is 5. The number of piperazine rings is 1. The summed E-state index contributed by atoms with van der Waals surface area (Å²) < 4.78 is 5.96. The molecule has 4 nitrogen and oxygen atoms in total. The summed E-state index contributed by atoms with van der Waals surface area (Å²) >= 11 is 1.60. The zero-order valence-electron chi connectivity index (χ0n) is 13.7. The molecule has 0 amide bonds. The van der Waals surface area contributed by atoms with E-state index in [4.69, 9.17) is 5.73 Å². The highest BCUT2D eigenvalue weighted by molar-refractivity contribution is 7.13. The van der Waals surface area contributed by atoms with Gasteiger partial charge in [-0.05, 0) is 47.8 Å². The maximum absolute atomic E-state index is 5.86. The number of nitrogens with two attached hydrogens (primary N) is 1. The number of benzene rings is 2. The first kappa shape index (κ1) is 15.4. The van der Waals surface area contributed by atoms with Gasteiger partial charge >= 0.3 is 0 Å². The molecule has 0 unspecified atom stereocenters. The second-order valence-electron chi connectivity index (χ2n) is 6.33. The summed E-state index contributed by atoms with van der Waals surface area (Å²) in [6.45, 7) is 5.37. The van der Waals surface area contributed by atoms with Crippen molar-refractivity contribution in [3.05, 3.63) is 54.1 Å². The van der Waals surface area contributed by atoms with Crippen LogP contribution in [0, 0.1) is 0 Å². The molecule has 4 rings (SSSR count). The third-order valence-corrected chi connectivity index (χ3v) is 5.51. The number of nitrogen functional groups attached to an aromatic ring is 1. The van der Waals surface area contributed by atoms with E-state index in [1.54, 1.807) is 11.5 Å². The van der Waals surface area contributed by atoms with Gasteiger partial charge in [-0.2, -0.15) is 4.37 Å². The zero-order chi connectivity index (χ0) is 16.4. The van der Waals surface area contributed by atoms with Gasteiger partial charge in [0, 0.05) is 43.8 Å². The number of rotatable bonds is 4. The van der Waals surface area contributed by atoms with Crippen molar-refractivity contribution in [2.75, 3.05) is 43.4 Å². The SMILES string of the molecule is Nc1cccc(CCN2CCN(c3nsc4ccccc34)CC2)c1. The van der Waals surface area contributed by atoms with Crippen molar-refractivity contribution < 1.29 is 0 Å². The van der Waals surface area contributed by atoms with Gasteiger partial charge in [-0.25, -0.2) is 0 Å². The van der Waals surface area contributed by atoms with Crippen LogP contribution in [0.2, 0.25) is 0 Å². The van der Waals surface area contributed by atoms with E-state index in [2.05, 4.69) is 50.6 Å². The molecular formula is C19H22N4S. The van der Waals surface area contributed by atoms with E-state index in [-0.39, 0.29) is 0 Å². The fourth-order valence-electron chi connectivity index (χ4n) is 3.32. The van der Waals surface area contributed by atoms with Crippen LogP contribution in [0.15, 0.2) is 48.5 Å². The smallest absolute Gasteiger partial charge is 0.150 e. The molecule has 2 heterocycles. The largest absolute Gasteiger partial charge is 0.399 e. The second-order valence-corrected chi connectivity index (χ2v) is 7.13. The minimum Gasteiger partial charge on any atom is -0.399 e. The fraction of sp³-hybridized carbons (Fsp3) is 0.316. The molecule has 0 saturated carbocycles. The van der Waals surface area contributed by atoms with Crippen LogP contribution in [0.25, 0.3) is 10.1 Å². The summed E-state index contributed by atoms with van der Waals surface area (Å²) in [6, 6.07) is 16.7.